The zero-order valence-corrected chi connectivity index (χ0v) is 14.4. The van der Waals surface area contributed by atoms with Crippen molar-refractivity contribution in [2.45, 2.75) is 23.8 Å². The van der Waals surface area contributed by atoms with E-state index in [2.05, 4.69) is 21.2 Å². The third kappa shape index (κ3) is 3.03. The molecule has 3 N–H and O–H groups in total. The molecule has 0 radical (unpaired) electrons. The fourth-order valence-electron chi connectivity index (χ4n) is 2.35. The molecule has 1 aromatic carbocycles. The lowest BCUT2D eigenvalue weighted by Gasteiger charge is -2.23. The molecular weight excluding hydrogens is 382 g/mol. The molecule has 0 saturated carbocycles. The summed E-state index contributed by atoms with van der Waals surface area (Å²) in [5.74, 6) is -0.317. The predicted molar refractivity (Wildman–Crippen MR) is 84.5 cm³/mol. The number of anilines is 1. The molecule has 1 aliphatic rings. The molecule has 0 aromatic heterocycles. The molecule has 0 spiro atoms. The molecule has 1 aromatic rings. The number of nitrogens with two attached hydrogens (primary N) is 1. The van der Waals surface area contributed by atoms with Crippen LogP contribution in [-0.4, -0.2) is 38.3 Å². The van der Waals surface area contributed by atoms with Crippen LogP contribution in [0.25, 0.3) is 0 Å². The largest absolute Gasteiger partial charge is 0.398 e. The van der Waals surface area contributed by atoms with Gasteiger partial charge >= 0.3 is 0 Å². The summed E-state index contributed by atoms with van der Waals surface area (Å²) in [6, 6.07) is 2.09. The Bertz CT molecular complexity index is 681. The number of carbonyl (C=O) groups is 1. The van der Waals surface area contributed by atoms with Gasteiger partial charge in [0.25, 0.3) is 0 Å². The second kappa shape index (κ2) is 6.12. The molecule has 2 rings (SSSR count). The Balaban J connectivity index is 2.50. The number of halogens is 2. The monoisotopic (exact) mass is 395 g/mol. The highest BCUT2D eigenvalue weighted by atomic mass is 79.9. The highest BCUT2D eigenvalue weighted by Crippen LogP contribution is 2.35. The summed E-state index contributed by atoms with van der Waals surface area (Å²) in [6.07, 6.45) is 1.12. The van der Waals surface area contributed by atoms with Crippen molar-refractivity contribution in [2.75, 3.05) is 19.3 Å². The molecule has 9 heteroatoms. The first kappa shape index (κ1) is 16.5. The Morgan fingerprint density at radius 3 is 2.81 bits per heavy atom. The fraction of sp³-hybridized carbons (Fsp3) is 0.417. The van der Waals surface area contributed by atoms with Crippen LogP contribution in [0, 0.1) is 0 Å². The quantitative estimate of drug-likeness (QED) is 0.759. The van der Waals surface area contributed by atoms with Gasteiger partial charge in [-0.2, -0.15) is 4.31 Å². The van der Waals surface area contributed by atoms with Crippen molar-refractivity contribution in [2.24, 2.45) is 0 Å². The Kier molecular flexibility index (Phi) is 4.82. The van der Waals surface area contributed by atoms with E-state index in [-0.39, 0.29) is 26.0 Å². The number of rotatable bonds is 3. The maximum Gasteiger partial charge on any atom is 0.245 e. The lowest BCUT2D eigenvalue weighted by Crippen LogP contribution is -2.44. The zero-order chi connectivity index (χ0) is 15.8. The summed E-state index contributed by atoms with van der Waals surface area (Å²) in [5, 5.41) is 2.72. The van der Waals surface area contributed by atoms with Gasteiger partial charge in [0.15, 0.2) is 0 Å². The summed E-state index contributed by atoms with van der Waals surface area (Å²) >= 11 is 9.08. The number of nitrogens with zero attached hydrogens (tertiary/aromatic N) is 1. The summed E-state index contributed by atoms with van der Waals surface area (Å²) in [7, 11) is -2.37. The van der Waals surface area contributed by atoms with E-state index in [1.807, 2.05) is 0 Å². The van der Waals surface area contributed by atoms with Gasteiger partial charge in [0.1, 0.15) is 6.04 Å². The first-order valence-corrected chi connectivity index (χ1v) is 8.88. The van der Waals surface area contributed by atoms with Gasteiger partial charge in [-0.25, -0.2) is 8.42 Å². The van der Waals surface area contributed by atoms with Gasteiger partial charge in [-0.1, -0.05) is 11.6 Å². The van der Waals surface area contributed by atoms with Crippen LogP contribution >= 0.6 is 27.5 Å². The summed E-state index contributed by atoms with van der Waals surface area (Å²) in [5.41, 5.74) is 5.98. The highest BCUT2D eigenvalue weighted by Gasteiger charge is 2.40. The Labute approximate surface area is 136 Å². The van der Waals surface area contributed by atoms with Gasteiger partial charge in [-0.15, -0.1) is 0 Å². The molecule has 0 aliphatic carbocycles. The number of benzene rings is 1. The molecular formula is C12H15BrClN3O3S. The number of sulfonamides is 1. The molecule has 21 heavy (non-hydrogen) atoms. The van der Waals surface area contributed by atoms with Crippen molar-refractivity contribution >= 4 is 49.1 Å². The SMILES string of the molecule is CNC(=O)C1CCCN1S(=O)(=O)c1cc(Cl)cc(N)c1Br. The van der Waals surface area contributed by atoms with Crippen LogP contribution in [0.3, 0.4) is 0 Å². The van der Waals surface area contributed by atoms with Crippen LogP contribution in [0.2, 0.25) is 5.02 Å². The minimum Gasteiger partial charge on any atom is -0.398 e. The summed E-state index contributed by atoms with van der Waals surface area (Å²) in [4.78, 5) is 11.8. The van der Waals surface area contributed by atoms with E-state index in [1.165, 1.54) is 23.5 Å². The van der Waals surface area contributed by atoms with Crippen LogP contribution in [0.4, 0.5) is 5.69 Å². The smallest absolute Gasteiger partial charge is 0.245 e. The molecule has 0 bridgehead atoms. The molecule has 1 fully saturated rings. The van der Waals surface area contributed by atoms with E-state index >= 15 is 0 Å². The molecule has 1 aliphatic heterocycles. The summed E-state index contributed by atoms with van der Waals surface area (Å²) in [6.45, 7) is 0.291. The molecule has 1 unspecified atom stereocenters. The van der Waals surface area contributed by atoms with Gasteiger partial charge < -0.3 is 11.1 Å². The lowest BCUT2D eigenvalue weighted by molar-refractivity contribution is -0.123. The maximum absolute atomic E-state index is 12.8. The number of likely N-dealkylation sites (N-methyl/N-ethyl adjacent to an activating group) is 1. The van der Waals surface area contributed by atoms with Crippen LogP contribution in [-0.2, 0) is 14.8 Å². The normalized spacial score (nSPS) is 19.7. The molecule has 116 valence electrons. The zero-order valence-electron chi connectivity index (χ0n) is 11.3. The minimum absolute atomic E-state index is 0.0247. The van der Waals surface area contributed by atoms with Crippen molar-refractivity contribution in [3.05, 3.63) is 21.6 Å². The van der Waals surface area contributed by atoms with Gasteiger partial charge in [0, 0.05) is 24.3 Å². The van der Waals surface area contributed by atoms with E-state index in [4.69, 9.17) is 17.3 Å². The van der Waals surface area contributed by atoms with Gasteiger partial charge in [-0.3, -0.25) is 4.79 Å². The second-order valence-electron chi connectivity index (χ2n) is 4.70. The van der Waals surface area contributed by atoms with Crippen molar-refractivity contribution < 1.29 is 13.2 Å². The van der Waals surface area contributed by atoms with Crippen LogP contribution < -0.4 is 11.1 Å². The molecule has 6 nitrogen and oxygen atoms in total. The number of amides is 1. The molecule has 1 heterocycles. The van der Waals surface area contributed by atoms with Gasteiger partial charge in [0.05, 0.1) is 9.37 Å². The van der Waals surface area contributed by atoms with Crippen molar-refractivity contribution in [1.29, 1.82) is 0 Å². The number of nitrogens with one attached hydrogen (secondary N) is 1. The Morgan fingerprint density at radius 1 is 1.52 bits per heavy atom. The first-order chi connectivity index (χ1) is 9.78. The molecule has 1 atom stereocenters. The number of hydrogen-bond acceptors (Lipinski definition) is 4. The maximum atomic E-state index is 12.8. The van der Waals surface area contributed by atoms with Crippen molar-refractivity contribution in [1.82, 2.24) is 9.62 Å². The van der Waals surface area contributed by atoms with Crippen LogP contribution in [0.1, 0.15) is 12.8 Å². The number of carbonyl (C=O) groups excluding carboxylic acids is 1. The highest BCUT2D eigenvalue weighted by molar-refractivity contribution is 9.10. The average Bonchev–Trinajstić information content (AvgIpc) is 2.91. The molecule has 1 saturated heterocycles. The number of nitrogen functional groups attached to an aromatic ring is 1. The third-order valence-electron chi connectivity index (χ3n) is 3.37. The van der Waals surface area contributed by atoms with Crippen molar-refractivity contribution in [3.8, 4) is 0 Å². The minimum atomic E-state index is -3.86. The van der Waals surface area contributed by atoms with E-state index in [1.54, 1.807) is 0 Å². The van der Waals surface area contributed by atoms with E-state index < -0.39 is 16.1 Å². The number of hydrogen-bond donors (Lipinski definition) is 2. The van der Waals surface area contributed by atoms with Gasteiger partial charge in [-0.05, 0) is 40.9 Å². The average molecular weight is 397 g/mol. The molecule has 1 amide bonds. The lowest BCUT2D eigenvalue weighted by atomic mass is 10.2. The standard InChI is InChI=1S/C12H15BrClN3O3S/c1-16-12(18)9-3-2-4-17(9)21(19,20)10-6-7(14)5-8(15)11(10)13/h5-6,9H,2-4,15H2,1H3,(H,16,18). The van der Waals surface area contributed by atoms with Crippen LogP contribution in [0.15, 0.2) is 21.5 Å². The van der Waals surface area contributed by atoms with E-state index in [9.17, 15) is 13.2 Å². The van der Waals surface area contributed by atoms with Crippen LogP contribution in [0.5, 0.6) is 0 Å². The predicted octanol–water partition coefficient (Wildman–Crippen LogP) is 1.58. The topological polar surface area (TPSA) is 92.5 Å². The van der Waals surface area contributed by atoms with E-state index in [0.717, 1.165) is 0 Å². The van der Waals surface area contributed by atoms with Crippen molar-refractivity contribution in [3.63, 3.8) is 0 Å². The Hall–Kier alpha value is -0.830. The Morgan fingerprint density at radius 2 is 2.19 bits per heavy atom. The fourth-order valence-corrected chi connectivity index (χ4v) is 5.27. The second-order valence-corrected chi connectivity index (χ2v) is 7.78. The first-order valence-electron chi connectivity index (χ1n) is 6.27. The van der Waals surface area contributed by atoms with Gasteiger partial charge in [0.2, 0.25) is 15.9 Å². The van der Waals surface area contributed by atoms with E-state index in [0.29, 0.717) is 19.4 Å². The summed E-state index contributed by atoms with van der Waals surface area (Å²) < 4.78 is 27.0. The third-order valence-corrected chi connectivity index (χ3v) is 6.67.